The quantitative estimate of drug-likeness (QED) is 0.799. The average molecular weight is 287 g/mol. The molecular weight excluding hydrogens is 266 g/mol. The number of amides is 1. The van der Waals surface area contributed by atoms with Gasteiger partial charge in [0, 0.05) is 24.9 Å². The number of likely N-dealkylation sites (tertiary alicyclic amines) is 1. The van der Waals surface area contributed by atoms with E-state index in [1.165, 1.54) is 0 Å². The molecule has 1 aromatic carbocycles. The number of carbonyl (C=O) groups is 2. The van der Waals surface area contributed by atoms with Gasteiger partial charge in [-0.05, 0) is 38.3 Å². The van der Waals surface area contributed by atoms with Crippen molar-refractivity contribution in [3.8, 4) is 0 Å². The van der Waals surface area contributed by atoms with E-state index in [0.29, 0.717) is 24.6 Å². The fraction of sp³-hybridized carbons (Fsp3) is 0.529. The lowest BCUT2D eigenvalue weighted by Gasteiger charge is -2.15. The molecule has 3 rings (SSSR count). The lowest BCUT2D eigenvalue weighted by Crippen LogP contribution is -2.28. The Kier molecular flexibility index (Phi) is 3.70. The van der Waals surface area contributed by atoms with Crippen LogP contribution in [-0.2, 0) is 9.53 Å². The molecule has 21 heavy (non-hydrogen) atoms. The summed E-state index contributed by atoms with van der Waals surface area (Å²) in [6.45, 7) is 4.99. The number of nitrogens with zero attached hydrogens (tertiary/aromatic N) is 1. The number of esters is 1. The van der Waals surface area contributed by atoms with Crippen molar-refractivity contribution in [1.82, 2.24) is 4.90 Å². The highest BCUT2D eigenvalue weighted by atomic mass is 16.5. The van der Waals surface area contributed by atoms with Gasteiger partial charge in [-0.3, -0.25) is 4.79 Å². The summed E-state index contributed by atoms with van der Waals surface area (Å²) in [6, 6.07) is 6.16. The van der Waals surface area contributed by atoms with E-state index in [2.05, 4.69) is 0 Å². The zero-order chi connectivity index (χ0) is 15.0. The predicted molar refractivity (Wildman–Crippen MR) is 79.0 cm³/mol. The van der Waals surface area contributed by atoms with Gasteiger partial charge in [-0.25, -0.2) is 4.79 Å². The zero-order valence-electron chi connectivity index (χ0n) is 12.6. The van der Waals surface area contributed by atoms with Gasteiger partial charge in [0.05, 0.1) is 12.2 Å². The SMILES string of the molecule is Cc1ccc(C(=O)OC[C@@H]2CC(=O)N(C3CC3)C2)c(C)c1. The van der Waals surface area contributed by atoms with E-state index >= 15 is 0 Å². The first-order chi connectivity index (χ1) is 10.0. The van der Waals surface area contributed by atoms with Crippen LogP contribution in [0, 0.1) is 19.8 Å². The van der Waals surface area contributed by atoms with E-state index in [4.69, 9.17) is 4.74 Å². The van der Waals surface area contributed by atoms with Crippen LogP contribution in [0.25, 0.3) is 0 Å². The van der Waals surface area contributed by atoms with Crippen molar-refractivity contribution in [3.63, 3.8) is 0 Å². The third kappa shape index (κ3) is 3.09. The maximum Gasteiger partial charge on any atom is 0.338 e. The lowest BCUT2D eigenvalue weighted by molar-refractivity contribution is -0.128. The Balaban J connectivity index is 1.55. The molecule has 2 aliphatic rings. The van der Waals surface area contributed by atoms with Crippen molar-refractivity contribution in [1.29, 1.82) is 0 Å². The van der Waals surface area contributed by atoms with Crippen molar-refractivity contribution in [2.75, 3.05) is 13.2 Å². The second kappa shape index (κ2) is 5.51. The largest absolute Gasteiger partial charge is 0.462 e. The smallest absolute Gasteiger partial charge is 0.338 e. The Bertz CT molecular complexity index is 577. The van der Waals surface area contributed by atoms with Gasteiger partial charge in [-0.1, -0.05) is 17.7 Å². The summed E-state index contributed by atoms with van der Waals surface area (Å²) in [6.07, 6.45) is 2.76. The summed E-state index contributed by atoms with van der Waals surface area (Å²) in [5.74, 6) is 0.0719. The Morgan fingerprint density at radius 1 is 1.33 bits per heavy atom. The molecule has 1 aliphatic heterocycles. The molecule has 1 saturated heterocycles. The van der Waals surface area contributed by atoms with Gasteiger partial charge in [0.25, 0.3) is 0 Å². The molecule has 1 amide bonds. The van der Waals surface area contributed by atoms with Crippen molar-refractivity contribution in [3.05, 3.63) is 34.9 Å². The van der Waals surface area contributed by atoms with Crippen LogP contribution in [0.1, 0.15) is 40.7 Å². The van der Waals surface area contributed by atoms with Gasteiger partial charge in [-0.2, -0.15) is 0 Å². The first-order valence-electron chi connectivity index (χ1n) is 7.58. The summed E-state index contributed by atoms with van der Waals surface area (Å²) in [7, 11) is 0. The van der Waals surface area contributed by atoms with Crippen LogP contribution in [0.15, 0.2) is 18.2 Å². The normalized spacial score (nSPS) is 21.7. The highest BCUT2D eigenvalue weighted by Gasteiger charge is 2.39. The van der Waals surface area contributed by atoms with E-state index in [1.54, 1.807) is 0 Å². The molecule has 0 spiro atoms. The minimum atomic E-state index is -0.287. The molecule has 4 heteroatoms. The lowest BCUT2D eigenvalue weighted by atomic mass is 10.1. The molecule has 2 fully saturated rings. The van der Waals surface area contributed by atoms with E-state index in [-0.39, 0.29) is 17.8 Å². The van der Waals surface area contributed by atoms with Gasteiger partial charge in [0.2, 0.25) is 5.91 Å². The van der Waals surface area contributed by atoms with Crippen LogP contribution in [0.3, 0.4) is 0 Å². The van der Waals surface area contributed by atoms with E-state index in [1.807, 2.05) is 36.9 Å². The van der Waals surface area contributed by atoms with Crippen LogP contribution in [0.2, 0.25) is 0 Å². The minimum absolute atomic E-state index is 0.146. The maximum absolute atomic E-state index is 12.1. The van der Waals surface area contributed by atoms with Crippen LogP contribution >= 0.6 is 0 Å². The van der Waals surface area contributed by atoms with Crippen LogP contribution < -0.4 is 0 Å². The van der Waals surface area contributed by atoms with Gasteiger partial charge in [0.1, 0.15) is 0 Å². The molecule has 1 heterocycles. The maximum atomic E-state index is 12.1. The first-order valence-corrected chi connectivity index (χ1v) is 7.58. The van der Waals surface area contributed by atoms with Gasteiger partial charge in [0.15, 0.2) is 0 Å². The first kappa shape index (κ1) is 14.1. The summed E-state index contributed by atoms with van der Waals surface area (Å²) in [4.78, 5) is 25.9. The third-order valence-corrected chi connectivity index (χ3v) is 4.28. The van der Waals surface area contributed by atoms with Gasteiger partial charge < -0.3 is 9.64 Å². The topological polar surface area (TPSA) is 46.6 Å². The third-order valence-electron chi connectivity index (χ3n) is 4.28. The molecule has 1 aromatic rings. The van der Waals surface area contributed by atoms with Crippen molar-refractivity contribution >= 4 is 11.9 Å². The van der Waals surface area contributed by atoms with Gasteiger partial charge >= 0.3 is 5.97 Å². The molecule has 0 N–H and O–H groups in total. The van der Waals surface area contributed by atoms with E-state index in [0.717, 1.165) is 30.5 Å². The van der Waals surface area contributed by atoms with E-state index < -0.39 is 0 Å². The highest BCUT2D eigenvalue weighted by molar-refractivity contribution is 5.91. The number of benzene rings is 1. The minimum Gasteiger partial charge on any atom is -0.462 e. The monoisotopic (exact) mass is 287 g/mol. The molecule has 1 aliphatic carbocycles. The van der Waals surface area contributed by atoms with E-state index in [9.17, 15) is 9.59 Å². The predicted octanol–water partition coefficient (Wildman–Crippen LogP) is 2.47. The second-order valence-electron chi connectivity index (χ2n) is 6.26. The number of aryl methyl sites for hydroxylation is 2. The standard InChI is InChI=1S/C17H21NO3/c1-11-3-6-15(12(2)7-11)17(20)21-10-13-8-16(19)18(9-13)14-4-5-14/h3,6-7,13-14H,4-5,8-10H2,1-2H3/t13-/m1/s1. The molecule has 0 radical (unpaired) electrons. The number of hydrogen-bond acceptors (Lipinski definition) is 3. The molecule has 0 unspecified atom stereocenters. The van der Waals surface area contributed by atoms with Crippen LogP contribution in [-0.4, -0.2) is 36.0 Å². The molecule has 1 saturated carbocycles. The molecule has 112 valence electrons. The summed E-state index contributed by atoms with van der Waals surface area (Å²) >= 11 is 0. The molecule has 4 nitrogen and oxygen atoms in total. The number of ether oxygens (including phenoxy) is 1. The van der Waals surface area contributed by atoms with Crippen LogP contribution in [0.5, 0.6) is 0 Å². The average Bonchev–Trinajstić information content (AvgIpc) is 3.20. The van der Waals surface area contributed by atoms with Crippen LogP contribution in [0.4, 0.5) is 0 Å². The Morgan fingerprint density at radius 3 is 2.76 bits per heavy atom. The molecule has 0 bridgehead atoms. The van der Waals surface area contributed by atoms with Crippen molar-refractivity contribution < 1.29 is 14.3 Å². The van der Waals surface area contributed by atoms with Crippen molar-refractivity contribution in [2.45, 2.75) is 39.2 Å². The Morgan fingerprint density at radius 2 is 2.10 bits per heavy atom. The Hall–Kier alpha value is -1.84. The van der Waals surface area contributed by atoms with Crippen molar-refractivity contribution in [2.24, 2.45) is 5.92 Å². The number of hydrogen-bond donors (Lipinski definition) is 0. The summed E-state index contributed by atoms with van der Waals surface area (Å²) < 4.78 is 5.41. The fourth-order valence-corrected chi connectivity index (χ4v) is 2.97. The number of carbonyl (C=O) groups excluding carboxylic acids is 2. The van der Waals surface area contributed by atoms with Gasteiger partial charge in [-0.15, -0.1) is 0 Å². The Labute approximate surface area is 125 Å². The number of rotatable bonds is 4. The zero-order valence-corrected chi connectivity index (χ0v) is 12.6. The summed E-state index contributed by atoms with van der Waals surface area (Å²) in [5.41, 5.74) is 2.68. The molecular formula is C17H21NO3. The summed E-state index contributed by atoms with van der Waals surface area (Å²) in [5, 5.41) is 0. The molecule has 1 atom stereocenters. The second-order valence-corrected chi connectivity index (χ2v) is 6.26. The molecule has 0 aromatic heterocycles. The fourth-order valence-electron chi connectivity index (χ4n) is 2.97. The highest BCUT2D eigenvalue weighted by Crippen LogP contribution is 2.32.